The molecule has 0 aliphatic carbocycles. The standard InChI is InChI=1S/C15H14ClF3N4/c16-11-2-1-3-12(10-11)22-6-8-23(9-7-22)14-20-5-4-13(21-14)15(17,18)19/h1-5,10H,6-9H2. The van der Waals surface area contributed by atoms with Crippen LogP contribution in [0.25, 0.3) is 0 Å². The van der Waals surface area contributed by atoms with Gasteiger partial charge in [-0.25, -0.2) is 9.97 Å². The van der Waals surface area contributed by atoms with Crippen molar-refractivity contribution in [1.82, 2.24) is 9.97 Å². The van der Waals surface area contributed by atoms with Gasteiger partial charge in [0.15, 0.2) is 0 Å². The first kappa shape index (κ1) is 15.9. The lowest BCUT2D eigenvalue weighted by atomic mass is 10.2. The third-order valence-electron chi connectivity index (χ3n) is 3.67. The van der Waals surface area contributed by atoms with E-state index >= 15 is 0 Å². The fraction of sp³-hybridized carbons (Fsp3) is 0.333. The molecule has 1 aromatic heterocycles. The molecule has 0 saturated carbocycles. The fourth-order valence-electron chi connectivity index (χ4n) is 2.50. The number of alkyl halides is 3. The summed E-state index contributed by atoms with van der Waals surface area (Å²) >= 11 is 5.99. The van der Waals surface area contributed by atoms with Crippen LogP contribution < -0.4 is 9.80 Å². The second-order valence-corrected chi connectivity index (χ2v) is 5.63. The molecule has 2 heterocycles. The van der Waals surface area contributed by atoms with Crippen LogP contribution in [0.5, 0.6) is 0 Å². The van der Waals surface area contributed by atoms with Gasteiger partial charge in [-0.3, -0.25) is 0 Å². The van der Waals surface area contributed by atoms with Crippen molar-refractivity contribution in [3.05, 3.63) is 47.2 Å². The highest BCUT2D eigenvalue weighted by Gasteiger charge is 2.33. The van der Waals surface area contributed by atoms with Gasteiger partial charge in [0, 0.05) is 43.1 Å². The number of benzene rings is 1. The van der Waals surface area contributed by atoms with Crippen LogP contribution in [0.15, 0.2) is 36.5 Å². The van der Waals surface area contributed by atoms with E-state index < -0.39 is 11.9 Å². The van der Waals surface area contributed by atoms with Crippen LogP contribution >= 0.6 is 11.6 Å². The second kappa shape index (κ2) is 6.23. The van der Waals surface area contributed by atoms with E-state index in [1.807, 2.05) is 18.2 Å². The van der Waals surface area contributed by atoms with E-state index in [2.05, 4.69) is 14.9 Å². The number of piperazine rings is 1. The third-order valence-corrected chi connectivity index (χ3v) is 3.90. The molecular weight excluding hydrogens is 329 g/mol. The summed E-state index contributed by atoms with van der Waals surface area (Å²) in [7, 11) is 0. The van der Waals surface area contributed by atoms with Gasteiger partial charge in [0.25, 0.3) is 0 Å². The van der Waals surface area contributed by atoms with Gasteiger partial charge in [-0.1, -0.05) is 17.7 Å². The molecule has 4 nitrogen and oxygen atoms in total. The topological polar surface area (TPSA) is 32.3 Å². The zero-order chi connectivity index (χ0) is 16.4. The molecule has 0 radical (unpaired) electrons. The first-order valence-electron chi connectivity index (χ1n) is 7.09. The number of nitrogens with zero attached hydrogens (tertiary/aromatic N) is 4. The predicted octanol–water partition coefficient (Wildman–Crippen LogP) is 3.48. The highest BCUT2D eigenvalue weighted by Crippen LogP contribution is 2.28. The fourth-order valence-corrected chi connectivity index (χ4v) is 2.68. The molecule has 0 atom stereocenters. The minimum absolute atomic E-state index is 0.116. The quantitative estimate of drug-likeness (QED) is 0.836. The lowest BCUT2D eigenvalue weighted by molar-refractivity contribution is -0.141. The lowest BCUT2D eigenvalue weighted by Crippen LogP contribution is -2.47. The average Bonchev–Trinajstić information content (AvgIpc) is 2.54. The smallest absolute Gasteiger partial charge is 0.368 e. The summed E-state index contributed by atoms with van der Waals surface area (Å²) in [6.07, 6.45) is -3.31. The highest BCUT2D eigenvalue weighted by atomic mass is 35.5. The van der Waals surface area contributed by atoms with Crippen molar-refractivity contribution < 1.29 is 13.2 Å². The molecule has 1 fully saturated rings. The second-order valence-electron chi connectivity index (χ2n) is 5.19. The van der Waals surface area contributed by atoms with Gasteiger partial charge in [0.2, 0.25) is 5.95 Å². The first-order chi connectivity index (χ1) is 10.9. The Morgan fingerprint density at radius 2 is 1.70 bits per heavy atom. The number of halogens is 4. The van der Waals surface area contributed by atoms with E-state index in [0.29, 0.717) is 31.2 Å². The Kier molecular flexibility index (Phi) is 4.30. The van der Waals surface area contributed by atoms with Crippen molar-refractivity contribution >= 4 is 23.2 Å². The van der Waals surface area contributed by atoms with E-state index in [1.54, 1.807) is 11.0 Å². The summed E-state index contributed by atoms with van der Waals surface area (Å²) in [4.78, 5) is 11.5. The predicted molar refractivity (Wildman–Crippen MR) is 82.9 cm³/mol. The molecule has 0 N–H and O–H groups in total. The largest absolute Gasteiger partial charge is 0.433 e. The summed E-state index contributed by atoms with van der Waals surface area (Å²) in [5.41, 5.74) is 0.0851. The van der Waals surface area contributed by atoms with Crippen molar-refractivity contribution in [2.24, 2.45) is 0 Å². The Hall–Kier alpha value is -2.02. The zero-order valence-corrected chi connectivity index (χ0v) is 12.8. The van der Waals surface area contributed by atoms with Crippen LogP contribution in [-0.2, 0) is 6.18 Å². The average molecular weight is 343 g/mol. The molecule has 0 unspecified atom stereocenters. The molecule has 8 heteroatoms. The Labute approximate surface area is 136 Å². The summed E-state index contributed by atoms with van der Waals surface area (Å²) in [6, 6.07) is 8.39. The SMILES string of the molecule is FC(F)(F)c1ccnc(N2CCN(c3cccc(Cl)c3)CC2)n1. The molecule has 0 bridgehead atoms. The number of anilines is 2. The van der Waals surface area contributed by atoms with Gasteiger partial charge < -0.3 is 9.80 Å². The maximum atomic E-state index is 12.7. The number of hydrogen-bond donors (Lipinski definition) is 0. The van der Waals surface area contributed by atoms with E-state index in [4.69, 9.17) is 11.6 Å². The third kappa shape index (κ3) is 3.67. The Balaban J connectivity index is 1.70. The molecule has 1 aliphatic rings. The van der Waals surface area contributed by atoms with Crippen molar-refractivity contribution in [1.29, 1.82) is 0 Å². The molecule has 1 aromatic carbocycles. The molecule has 1 aliphatic heterocycles. The summed E-state index contributed by atoms with van der Waals surface area (Å²) < 4.78 is 38.2. The summed E-state index contributed by atoms with van der Waals surface area (Å²) in [5, 5.41) is 0.658. The van der Waals surface area contributed by atoms with Crippen LogP contribution in [-0.4, -0.2) is 36.1 Å². The van der Waals surface area contributed by atoms with Crippen LogP contribution in [0.4, 0.5) is 24.8 Å². The van der Waals surface area contributed by atoms with Crippen molar-refractivity contribution in [3.8, 4) is 0 Å². The zero-order valence-electron chi connectivity index (χ0n) is 12.1. The molecule has 122 valence electrons. The van der Waals surface area contributed by atoms with Crippen molar-refractivity contribution in [2.75, 3.05) is 36.0 Å². The van der Waals surface area contributed by atoms with Gasteiger partial charge in [-0.05, 0) is 24.3 Å². The van der Waals surface area contributed by atoms with Crippen molar-refractivity contribution in [2.45, 2.75) is 6.18 Å². The molecule has 0 spiro atoms. The van der Waals surface area contributed by atoms with Gasteiger partial charge in [0.1, 0.15) is 5.69 Å². The van der Waals surface area contributed by atoms with E-state index in [1.165, 1.54) is 0 Å². The van der Waals surface area contributed by atoms with Crippen LogP contribution in [0.1, 0.15) is 5.69 Å². The van der Waals surface area contributed by atoms with E-state index in [-0.39, 0.29) is 5.95 Å². The number of rotatable bonds is 2. The van der Waals surface area contributed by atoms with Gasteiger partial charge in [-0.15, -0.1) is 0 Å². The highest BCUT2D eigenvalue weighted by molar-refractivity contribution is 6.30. The monoisotopic (exact) mass is 342 g/mol. The maximum absolute atomic E-state index is 12.7. The molecular formula is C15H14ClF3N4. The Morgan fingerprint density at radius 1 is 1.00 bits per heavy atom. The number of hydrogen-bond acceptors (Lipinski definition) is 4. The first-order valence-corrected chi connectivity index (χ1v) is 7.47. The number of aromatic nitrogens is 2. The van der Waals surface area contributed by atoms with Crippen LogP contribution in [0, 0.1) is 0 Å². The molecule has 2 aromatic rings. The normalized spacial score (nSPS) is 15.8. The van der Waals surface area contributed by atoms with Crippen molar-refractivity contribution in [3.63, 3.8) is 0 Å². The van der Waals surface area contributed by atoms with E-state index in [0.717, 1.165) is 18.0 Å². The Morgan fingerprint density at radius 3 is 2.35 bits per heavy atom. The lowest BCUT2D eigenvalue weighted by Gasteiger charge is -2.36. The summed E-state index contributed by atoms with van der Waals surface area (Å²) in [5.74, 6) is 0.116. The van der Waals surface area contributed by atoms with Gasteiger partial charge >= 0.3 is 6.18 Å². The van der Waals surface area contributed by atoms with Gasteiger partial charge in [-0.2, -0.15) is 13.2 Å². The maximum Gasteiger partial charge on any atom is 0.433 e. The van der Waals surface area contributed by atoms with Crippen LogP contribution in [0.3, 0.4) is 0 Å². The Bertz CT molecular complexity index is 684. The summed E-state index contributed by atoms with van der Waals surface area (Å²) in [6.45, 7) is 2.43. The molecule has 0 amide bonds. The minimum atomic E-state index is -4.46. The molecule has 1 saturated heterocycles. The molecule has 23 heavy (non-hydrogen) atoms. The minimum Gasteiger partial charge on any atom is -0.368 e. The van der Waals surface area contributed by atoms with Gasteiger partial charge in [0.05, 0.1) is 0 Å². The molecule has 3 rings (SSSR count). The van der Waals surface area contributed by atoms with Crippen LogP contribution in [0.2, 0.25) is 5.02 Å². The van der Waals surface area contributed by atoms with E-state index in [9.17, 15) is 13.2 Å².